The van der Waals surface area contributed by atoms with Crippen LogP contribution in [0.5, 0.6) is 5.75 Å². The number of rotatable bonds is 11. The lowest BCUT2D eigenvalue weighted by atomic mass is 10.1. The first kappa shape index (κ1) is 26.6. The van der Waals surface area contributed by atoms with Crippen LogP contribution in [0.3, 0.4) is 0 Å². The van der Waals surface area contributed by atoms with Crippen LogP contribution in [0.1, 0.15) is 56.2 Å². The van der Waals surface area contributed by atoms with E-state index in [0.29, 0.717) is 13.2 Å². The maximum atomic E-state index is 11.4. The molecule has 0 radical (unpaired) electrons. The van der Waals surface area contributed by atoms with E-state index in [0.717, 1.165) is 59.5 Å². The Morgan fingerprint density at radius 2 is 1.64 bits per heavy atom. The van der Waals surface area contributed by atoms with Crippen molar-refractivity contribution in [2.45, 2.75) is 46.5 Å². The van der Waals surface area contributed by atoms with E-state index in [9.17, 15) is 4.79 Å². The number of nitrogens with zero attached hydrogens (tertiary/aromatic N) is 3. The number of unbranched alkanes of at least 4 members (excludes halogenated alkanes) is 3. The topological polar surface area (TPSA) is 73.1 Å². The highest BCUT2D eigenvalue weighted by molar-refractivity contribution is 5.71. The second-order valence-corrected chi connectivity index (χ2v) is 8.77. The van der Waals surface area contributed by atoms with E-state index in [1.165, 1.54) is 0 Å². The van der Waals surface area contributed by atoms with Crippen LogP contribution in [0.4, 0.5) is 11.4 Å². The zero-order valence-corrected chi connectivity index (χ0v) is 21.2. The fourth-order valence-electron chi connectivity index (χ4n) is 3.24. The SMILES string of the molecule is Cc1cc(N=Nc2ccc(OCCCCCCOC(=O)C(C)C)cc2)ccc1C#Cc1cccnc1. The first-order valence-corrected chi connectivity index (χ1v) is 12.4. The zero-order valence-electron chi connectivity index (χ0n) is 21.2. The van der Waals surface area contributed by atoms with Gasteiger partial charge in [-0.1, -0.05) is 25.7 Å². The van der Waals surface area contributed by atoms with Crippen molar-refractivity contribution >= 4 is 17.3 Å². The second-order valence-electron chi connectivity index (χ2n) is 8.77. The molecular formula is C30H33N3O3. The molecule has 0 N–H and O–H groups in total. The molecule has 3 aromatic rings. The van der Waals surface area contributed by atoms with Crippen molar-refractivity contribution < 1.29 is 14.3 Å². The standard InChI is InChI=1S/C30H33N3O3/c1-23(2)30(34)36-20-7-5-4-6-19-35-29-16-14-27(15-17-29)32-33-28-13-12-26(24(3)21-28)11-10-25-9-8-18-31-22-25/h8-9,12-18,21-23H,4-7,19-20H2,1-3H3. The van der Waals surface area contributed by atoms with Crippen molar-refractivity contribution in [2.24, 2.45) is 16.1 Å². The molecule has 36 heavy (non-hydrogen) atoms. The Bertz CT molecular complexity index is 1190. The Balaban J connectivity index is 1.39. The molecule has 0 aliphatic heterocycles. The molecule has 2 aromatic carbocycles. The number of carbonyl (C=O) groups excluding carboxylic acids is 1. The van der Waals surface area contributed by atoms with Gasteiger partial charge >= 0.3 is 5.97 Å². The number of pyridine rings is 1. The van der Waals surface area contributed by atoms with Gasteiger partial charge in [-0.2, -0.15) is 10.2 Å². The smallest absolute Gasteiger partial charge is 0.308 e. The minimum Gasteiger partial charge on any atom is -0.494 e. The lowest BCUT2D eigenvalue weighted by Crippen LogP contribution is -2.12. The summed E-state index contributed by atoms with van der Waals surface area (Å²) in [6.45, 7) is 6.86. The van der Waals surface area contributed by atoms with E-state index in [1.807, 2.05) is 75.4 Å². The predicted molar refractivity (Wildman–Crippen MR) is 142 cm³/mol. The van der Waals surface area contributed by atoms with Crippen molar-refractivity contribution in [1.82, 2.24) is 4.98 Å². The normalized spacial score (nSPS) is 10.8. The van der Waals surface area contributed by atoms with Crippen LogP contribution in [0, 0.1) is 24.7 Å². The summed E-state index contributed by atoms with van der Waals surface area (Å²) >= 11 is 0. The summed E-state index contributed by atoms with van der Waals surface area (Å²) in [6.07, 6.45) is 7.39. The summed E-state index contributed by atoms with van der Waals surface area (Å²) < 4.78 is 11.0. The van der Waals surface area contributed by atoms with Crippen molar-refractivity contribution in [2.75, 3.05) is 13.2 Å². The fraction of sp³-hybridized carbons (Fsp3) is 0.333. The number of hydrogen-bond donors (Lipinski definition) is 0. The van der Waals surface area contributed by atoms with Gasteiger partial charge in [0.25, 0.3) is 0 Å². The molecule has 6 nitrogen and oxygen atoms in total. The highest BCUT2D eigenvalue weighted by Gasteiger charge is 2.07. The van der Waals surface area contributed by atoms with Gasteiger partial charge in [0, 0.05) is 23.5 Å². The van der Waals surface area contributed by atoms with Crippen LogP contribution in [0.25, 0.3) is 0 Å². The van der Waals surface area contributed by atoms with Gasteiger partial charge in [0.1, 0.15) is 5.75 Å². The van der Waals surface area contributed by atoms with Crippen LogP contribution >= 0.6 is 0 Å². The maximum absolute atomic E-state index is 11.4. The van der Waals surface area contributed by atoms with Gasteiger partial charge in [-0.05, 0) is 92.8 Å². The Kier molecular flexibility index (Phi) is 10.7. The van der Waals surface area contributed by atoms with Crippen molar-refractivity contribution in [1.29, 1.82) is 0 Å². The van der Waals surface area contributed by atoms with Crippen molar-refractivity contribution in [3.8, 4) is 17.6 Å². The maximum Gasteiger partial charge on any atom is 0.308 e. The van der Waals surface area contributed by atoms with Gasteiger partial charge in [-0.25, -0.2) is 0 Å². The van der Waals surface area contributed by atoms with Gasteiger partial charge in [-0.3, -0.25) is 9.78 Å². The largest absolute Gasteiger partial charge is 0.494 e. The number of azo groups is 1. The molecule has 0 amide bonds. The van der Waals surface area contributed by atoms with Crippen LogP contribution in [0.2, 0.25) is 0 Å². The molecule has 6 heteroatoms. The Hall–Kier alpha value is -3.98. The minimum atomic E-state index is -0.128. The number of hydrogen-bond acceptors (Lipinski definition) is 6. The van der Waals surface area contributed by atoms with E-state index in [-0.39, 0.29) is 11.9 Å². The predicted octanol–water partition coefficient (Wildman–Crippen LogP) is 7.34. The molecule has 1 aromatic heterocycles. The molecule has 0 saturated heterocycles. The summed E-state index contributed by atoms with van der Waals surface area (Å²) in [5, 5.41) is 8.69. The average molecular weight is 484 g/mol. The number of esters is 1. The number of carbonyl (C=O) groups is 1. The van der Waals surface area contributed by atoms with E-state index in [2.05, 4.69) is 27.1 Å². The molecule has 0 aliphatic rings. The molecule has 0 unspecified atom stereocenters. The fourth-order valence-corrected chi connectivity index (χ4v) is 3.24. The molecule has 0 spiro atoms. The molecule has 0 bridgehead atoms. The highest BCUT2D eigenvalue weighted by Crippen LogP contribution is 2.23. The summed E-state index contributed by atoms with van der Waals surface area (Å²) in [7, 11) is 0. The van der Waals surface area contributed by atoms with Gasteiger partial charge in [0.2, 0.25) is 0 Å². The van der Waals surface area contributed by atoms with Crippen LogP contribution in [-0.4, -0.2) is 24.2 Å². The van der Waals surface area contributed by atoms with Crippen LogP contribution in [0.15, 0.2) is 77.2 Å². The van der Waals surface area contributed by atoms with Crippen LogP contribution in [-0.2, 0) is 9.53 Å². The Labute approximate surface area is 213 Å². The van der Waals surface area contributed by atoms with Gasteiger partial charge in [-0.15, -0.1) is 0 Å². The summed E-state index contributed by atoms with van der Waals surface area (Å²) in [5.74, 6) is 6.93. The monoisotopic (exact) mass is 483 g/mol. The molecule has 1 heterocycles. The molecule has 0 saturated carbocycles. The number of ether oxygens (including phenoxy) is 2. The number of benzene rings is 2. The van der Waals surface area contributed by atoms with Crippen LogP contribution < -0.4 is 4.74 Å². The summed E-state index contributed by atoms with van der Waals surface area (Å²) in [5.41, 5.74) is 4.42. The Morgan fingerprint density at radius 1 is 0.917 bits per heavy atom. The lowest BCUT2D eigenvalue weighted by Gasteiger charge is -2.08. The molecule has 3 rings (SSSR count). The zero-order chi connectivity index (χ0) is 25.6. The number of aromatic nitrogens is 1. The lowest BCUT2D eigenvalue weighted by molar-refractivity contribution is -0.147. The summed E-state index contributed by atoms with van der Waals surface area (Å²) in [6, 6.07) is 17.2. The second kappa shape index (κ2) is 14.4. The van der Waals surface area contributed by atoms with E-state index < -0.39 is 0 Å². The molecule has 0 fully saturated rings. The quantitative estimate of drug-likeness (QED) is 0.124. The average Bonchev–Trinajstić information content (AvgIpc) is 2.89. The number of aryl methyl sites for hydroxylation is 1. The van der Waals surface area contributed by atoms with E-state index in [4.69, 9.17) is 9.47 Å². The van der Waals surface area contributed by atoms with E-state index in [1.54, 1.807) is 12.4 Å². The van der Waals surface area contributed by atoms with E-state index >= 15 is 0 Å². The van der Waals surface area contributed by atoms with Gasteiger partial charge in [0.05, 0.1) is 30.5 Å². The highest BCUT2D eigenvalue weighted by atomic mass is 16.5. The molecular weight excluding hydrogens is 450 g/mol. The van der Waals surface area contributed by atoms with Gasteiger partial charge in [0.15, 0.2) is 0 Å². The molecule has 0 atom stereocenters. The van der Waals surface area contributed by atoms with Crippen molar-refractivity contribution in [3.63, 3.8) is 0 Å². The minimum absolute atomic E-state index is 0.0639. The first-order valence-electron chi connectivity index (χ1n) is 12.4. The summed E-state index contributed by atoms with van der Waals surface area (Å²) in [4.78, 5) is 15.5. The molecule has 186 valence electrons. The molecule has 0 aliphatic carbocycles. The third-order valence-corrected chi connectivity index (χ3v) is 5.35. The van der Waals surface area contributed by atoms with Gasteiger partial charge < -0.3 is 9.47 Å². The third kappa shape index (κ3) is 9.34. The third-order valence-electron chi connectivity index (χ3n) is 5.35. The first-order chi connectivity index (χ1) is 17.5. The van der Waals surface area contributed by atoms with Crippen molar-refractivity contribution in [3.05, 3.63) is 83.7 Å². The Morgan fingerprint density at radius 3 is 2.33 bits per heavy atom.